The summed E-state index contributed by atoms with van der Waals surface area (Å²) in [4.78, 5) is 20.3. The molecule has 0 aliphatic heterocycles. The van der Waals surface area contributed by atoms with Crippen molar-refractivity contribution < 1.29 is 14.6 Å². The Morgan fingerprint density at radius 2 is 2.12 bits per heavy atom. The highest BCUT2D eigenvalue weighted by atomic mass is 16.5. The molecule has 4 rings (SSSR count). The first-order chi connectivity index (χ1) is 12.7. The Bertz CT molecular complexity index is 948. The minimum absolute atomic E-state index is 0.0547. The minimum Gasteiger partial charge on any atom is -0.493 e. The second-order valence-electron chi connectivity index (χ2n) is 6.03. The molecule has 0 saturated heterocycles. The van der Waals surface area contributed by atoms with Crippen LogP contribution >= 0.6 is 0 Å². The van der Waals surface area contributed by atoms with Crippen LogP contribution in [0.25, 0.3) is 16.9 Å². The van der Waals surface area contributed by atoms with Gasteiger partial charge in [-0.1, -0.05) is 0 Å². The molecule has 1 amide bonds. The number of rotatable bonds is 5. The molecule has 0 atom stereocenters. The van der Waals surface area contributed by atoms with Crippen molar-refractivity contribution in [3.63, 3.8) is 0 Å². The van der Waals surface area contributed by atoms with Crippen molar-refractivity contribution in [2.24, 2.45) is 0 Å². The molecule has 1 aliphatic carbocycles. The van der Waals surface area contributed by atoms with E-state index < -0.39 is 0 Å². The normalized spacial score (nSPS) is 13.4. The van der Waals surface area contributed by atoms with Crippen LogP contribution in [0, 0.1) is 0 Å². The number of aromatic hydroxyl groups is 1. The van der Waals surface area contributed by atoms with Gasteiger partial charge in [0.25, 0.3) is 5.91 Å². The van der Waals surface area contributed by atoms with E-state index in [4.69, 9.17) is 4.74 Å². The van der Waals surface area contributed by atoms with E-state index in [1.807, 2.05) is 0 Å². The summed E-state index contributed by atoms with van der Waals surface area (Å²) in [6.45, 7) is 0. The first-order valence-corrected chi connectivity index (χ1v) is 8.20. The lowest BCUT2D eigenvalue weighted by atomic mass is 10.1. The Morgan fingerprint density at radius 1 is 1.27 bits per heavy atom. The molecule has 0 bridgehead atoms. The zero-order valence-corrected chi connectivity index (χ0v) is 14.1. The summed E-state index contributed by atoms with van der Waals surface area (Å²) in [5, 5.41) is 17.6. The fourth-order valence-electron chi connectivity index (χ4n) is 2.54. The van der Waals surface area contributed by atoms with E-state index in [0.29, 0.717) is 22.8 Å². The van der Waals surface area contributed by atoms with Crippen LogP contribution in [0.5, 0.6) is 11.8 Å². The topological polar surface area (TPSA) is 102 Å². The van der Waals surface area contributed by atoms with Crippen molar-refractivity contribution in [2.75, 3.05) is 7.11 Å². The number of aromatic nitrogens is 4. The molecular formula is C18H17N5O3. The molecule has 132 valence electrons. The number of nitrogens with zero attached hydrogens (tertiary/aromatic N) is 4. The third-order valence-corrected chi connectivity index (χ3v) is 4.14. The molecule has 0 radical (unpaired) electrons. The van der Waals surface area contributed by atoms with Gasteiger partial charge in [-0.05, 0) is 36.6 Å². The standard InChI is InChI=1S/C18H17N5O3/c1-26-16-8-11(6-7-19-16)14-10-21-23(18(14)25)15-5-2-12(9-20-15)17(24)22-13-3-4-13/h2,5-10,13,25H,3-4H2,1H3,(H,22,24). The molecule has 0 unspecified atom stereocenters. The van der Waals surface area contributed by atoms with E-state index in [1.165, 1.54) is 18.0 Å². The molecule has 3 heterocycles. The van der Waals surface area contributed by atoms with Gasteiger partial charge >= 0.3 is 0 Å². The number of amides is 1. The maximum absolute atomic E-state index is 12.0. The highest BCUT2D eigenvalue weighted by molar-refractivity contribution is 5.94. The third-order valence-electron chi connectivity index (χ3n) is 4.14. The van der Waals surface area contributed by atoms with Crippen LogP contribution in [0.1, 0.15) is 23.2 Å². The van der Waals surface area contributed by atoms with Crippen molar-refractivity contribution in [3.05, 3.63) is 48.4 Å². The lowest BCUT2D eigenvalue weighted by molar-refractivity contribution is 0.0950. The molecule has 3 aromatic heterocycles. The first-order valence-electron chi connectivity index (χ1n) is 8.20. The van der Waals surface area contributed by atoms with E-state index >= 15 is 0 Å². The predicted molar refractivity (Wildman–Crippen MR) is 93.3 cm³/mol. The van der Waals surface area contributed by atoms with Crippen LogP contribution in [0.15, 0.2) is 42.9 Å². The van der Waals surface area contributed by atoms with Gasteiger partial charge in [-0.3, -0.25) is 4.79 Å². The van der Waals surface area contributed by atoms with Gasteiger partial charge in [0.15, 0.2) is 5.82 Å². The number of methoxy groups -OCH3 is 1. The zero-order chi connectivity index (χ0) is 18.1. The summed E-state index contributed by atoms with van der Waals surface area (Å²) in [5.74, 6) is 0.665. The molecule has 0 aromatic carbocycles. The van der Waals surface area contributed by atoms with E-state index in [-0.39, 0.29) is 17.8 Å². The van der Waals surface area contributed by atoms with Crippen molar-refractivity contribution >= 4 is 5.91 Å². The Balaban J connectivity index is 1.60. The quantitative estimate of drug-likeness (QED) is 0.728. The predicted octanol–water partition coefficient (Wildman–Crippen LogP) is 1.94. The Kier molecular flexibility index (Phi) is 4.00. The number of hydrogen-bond acceptors (Lipinski definition) is 6. The van der Waals surface area contributed by atoms with Crippen LogP contribution in [0.2, 0.25) is 0 Å². The molecule has 26 heavy (non-hydrogen) atoms. The highest BCUT2D eigenvalue weighted by Gasteiger charge is 2.24. The molecule has 1 fully saturated rings. The van der Waals surface area contributed by atoms with Gasteiger partial charge < -0.3 is 15.2 Å². The summed E-state index contributed by atoms with van der Waals surface area (Å²) in [6, 6.07) is 7.06. The van der Waals surface area contributed by atoms with Crippen LogP contribution in [-0.2, 0) is 0 Å². The number of carbonyl (C=O) groups is 1. The smallest absolute Gasteiger partial charge is 0.253 e. The average Bonchev–Trinajstić information content (AvgIpc) is 3.41. The second-order valence-corrected chi connectivity index (χ2v) is 6.03. The van der Waals surface area contributed by atoms with Crippen LogP contribution in [0.4, 0.5) is 0 Å². The average molecular weight is 351 g/mol. The maximum atomic E-state index is 12.0. The van der Waals surface area contributed by atoms with E-state index in [1.54, 1.807) is 36.7 Å². The minimum atomic E-state index is -0.138. The molecular weight excluding hydrogens is 334 g/mol. The van der Waals surface area contributed by atoms with E-state index in [0.717, 1.165) is 18.4 Å². The lowest BCUT2D eigenvalue weighted by Crippen LogP contribution is -2.25. The molecule has 0 spiro atoms. The molecule has 8 heteroatoms. The maximum Gasteiger partial charge on any atom is 0.253 e. The summed E-state index contributed by atoms with van der Waals surface area (Å²) in [6.07, 6.45) is 6.67. The van der Waals surface area contributed by atoms with Crippen molar-refractivity contribution in [1.82, 2.24) is 25.1 Å². The number of hydrogen-bond donors (Lipinski definition) is 2. The Labute approximate surface area is 149 Å². The van der Waals surface area contributed by atoms with Crippen LogP contribution in [-0.4, -0.2) is 43.9 Å². The lowest BCUT2D eigenvalue weighted by Gasteiger charge is -2.06. The number of ether oxygens (including phenoxy) is 1. The monoisotopic (exact) mass is 351 g/mol. The van der Waals surface area contributed by atoms with E-state index in [9.17, 15) is 9.90 Å². The van der Waals surface area contributed by atoms with Crippen molar-refractivity contribution in [3.8, 4) is 28.7 Å². The van der Waals surface area contributed by atoms with Crippen LogP contribution in [0.3, 0.4) is 0 Å². The van der Waals surface area contributed by atoms with Gasteiger partial charge in [-0.2, -0.15) is 9.78 Å². The fourth-order valence-corrected chi connectivity index (χ4v) is 2.54. The third kappa shape index (κ3) is 3.08. The molecule has 1 saturated carbocycles. The largest absolute Gasteiger partial charge is 0.493 e. The first kappa shape index (κ1) is 16.1. The van der Waals surface area contributed by atoms with Gasteiger partial charge in [0, 0.05) is 24.5 Å². The summed E-state index contributed by atoms with van der Waals surface area (Å²) in [7, 11) is 1.53. The van der Waals surface area contributed by atoms with Gasteiger partial charge in [-0.25, -0.2) is 9.97 Å². The van der Waals surface area contributed by atoms with Gasteiger partial charge in [0.1, 0.15) is 0 Å². The summed E-state index contributed by atoms with van der Waals surface area (Å²) in [5.41, 5.74) is 1.73. The second kappa shape index (κ2) is 6.47. The molecule has 2 N–H and O–H groups in total. The van der Waals surface area contributed by atoms with Gasteiger partial charge in [0.2, 0.25) is 11.8 Å². The number of carbonyl (C=O) groups excluding carboxylic acids is 1. The van der Waals surface area contributed by atoms with Gasteiger partial charge in [0.05, 0.1) is 24.4 Å². The SMILES string of the molecule is COc1cc(-c2cnn(-c3ccc(C(=O)NC4CC4)cn3)c2O)ccn1. The zero-order valence-electron chi connectivity index (χ0n) is 14.1. The Morgan fingerprint density at radius 3 is 2.81 bits per heavy atom. The van der Waals surface area contributed by atoms with Crippen molar-refractivity contribution in [1.29, 1.82) is 0 Å². The number of nitrogens with one attached hydrogen (secondary N) is 1. The number of pyridine rings is 2. The Hall–Kier alpha value is -3.42. The molecule has 8 nitrogen and oxygen atoms in total. The summed E-state index contributed by atoms with van der Waals surface area (Å²) < 4.78 is 6.42. The summed E-state index contributed by atoms with van der Waals surface area (Å²) >= 11 is 0. The highest BCUT2D eigenvalue weighted by Crippen LogP contribution is 2.31. The van der Waals surface area contributed by atoms with Crippen LogP contribution < -0.4 is 10.1 Å². The van der Waals surface area contributed by atoms with Crippen molar-refractivity contribution in [2.45, 2.75) is 18.9 Å². The fraction of sp³-hybridized carbons (Fsp3) is 0.222. The molecule has 1 aliphatic rings. The van der Waals surface area contributed by atoms with Gasteiger partial charge in [-0.15, -0.1) is 0 Å². The molecule has 3 aromatic rings. The van der Waals surface area contributed by atoms with E-state index in [2.05, 4.69) is 20.4 Å².